The molecular weight excluding hydrogens is 424 g/mol. The molecule has 0 atom stereocenters. The fourth-order valence-corrected chi connectivity index (χ4v) is 3.77. The number of aromatic amines is 1. The summed E-state index contributed by atoms with van der Waals surface area (Å²) in [5.74, 6) is 1.74. The molecule has 164 valence electrons. The van der Waals surface area contributed by atoms with E-state index in [4.69, 9.17) is 18.9 Å². The van der Waals surface area contributed by atoms with Gasteiger partial charge in [-0.05, 0) is 30.3 Å². The van der Waals surface area contributed by atoms with Crippen molar-refractivity contribution in [2.45, 2.75) is 4.90 Å². The number of hydrogen-bond acceptors (Lipinski definition) is 8. The summed E-state index contributed by atoms with van der Waals surface area (Å²) in [6, 6.07) is 9.72. The number of hydrazone groups is 1. The van der Waals surface area contributed by atoms with E-state index in [1.165, 1.54) is 44.8 Å². The third-order valence-electron chi connectivity index (χ3n) is 4.38. The number of ether oxygens (including phenoxy) is 4. The first-order valence-corrected chi connectivity index (χ1v) is 10.4. The summed E-state index contributed by atoms with van der Waals surface area (Å²) in [6.45, 7) is 0. The minimum atomic E-state index is -3.97. The van der Waals surface area contributed by atoms with Crippen LogP contribution in [0.1, 0.15) is 5.56 Å². The lowest BCUT2D eigenvalue weighted by Gasteiger charge is -2.10. The van der Waals surface area contributed by atoms with Crippen LogP contribution in [-0.2, 0) is 10.0 Å². The molecule has 0 aliphatic heterocycles. The maximum atomic E-state index is 12.6. The van der Waals surface area contributed by atoms with Gasteiger partial charge in [-0.25, -0.2) is 0 Å². The zero-order chi connectivity index (χ0) is 22.4. The van der Waals surface area contributed by atoms with Crippen molar-refractivity contribution in [2.24, 2.45) is 5.10 Å². The zero-order valence-electron chi connectivity index (χ0n) is 17.4. The van der Waals surface area contributed by atoms with Gasteiger partial charge in [-0.1, -0.05) is 0 Å². The Morgan fingerprint density at radius 1 is 0.935 bits per heavy atom. The van der Waals surface area contributed by atoms with Gasteiger partial charge in [0.05, 0.1) is 46.5 Å². The van der Waals surface area contributed by atoms with E-state index in [2.05, 4.69) is 20.1 Å². The molecule has 0 aliphatic rings. The third-order valence-corrected chi connectivity index (χ3v) is 5.64. The molecule has 0 saturated carbocycles. The highest BCUT2D eigenvalue weighted by atomic mass is 32.2. The van der Waals surface area contributed by atoms with Gasteiger partial charge >= 0.3 is 0 Å². The molecule has 11 heteroatoms. The summed E-state index contributed by atoms with van der Waals surface area (Å²) in [5, 5.41) is 10.8. The van der Waals surface area contributed by atoms with Crippen LogP contribution in [-0.4, -0.2) is 53.3 Å². The van der Waals surface area contributed by atoms with Crippen LogP contribution in [0.2, 0.25) is 0 Å². The predicted octanol–water partition coefficient (Wildman–Crippen LogP) is 2.42. The number of nitrogens with zero attached hydrogens (tertiary/aromatic N) is 2. The lowest BCUT2D eigenvalue weighted by Crippen LogP contribution is -2.19. The number of benzene rings is 2. The number of sulfonamides is 1. The van der Waals surface area contributed by atoms with Crippen LogP contribution in [0.15, 0.2) is 52.6 Å². The Hall–Kier alpha value is -3.73. The smallest absolute Gasteiger partial charge is 0.280 e. The summed E-state index contributed by atoms with van der Waals surface area (Å²) in [5.41, 5.74) is 1.96. The second kappa shape index (κ2) is 9.39. The molecule has 2 aromatic carbocycles. The van der Waals surface area contributed by atoms with Crippen molar-refractivity contribution < 1.29 is 27.4 Å². The molecule has 0 saturated heterocycles. The summed E-state index contributed by atoms with van der Waals surface area (Å²) in [7, 11) is 1.97. The molecule has 0 bridgehead atoms. The van der Waals surface area contributed by atoms with Crippen molar-refractivity contribution in [1.29, 1.82) is 0 Å². The molecule has 0 fully saturated rings. The molecule has 0 amide bonds. The Morgan fingerprint density at radius 3 is 2.35 bits per heavy atom. The molecule has 10 nitrogen and oxygen atoms in total. The molecule has 31 heavy (non-hydrogen) atoms. The average molecular weight is 446 g/mol. The van der Waals surface area contributed by atoms with E-state index in [1.807, 2.05) is 6.07 Å². The first kappa shape index (κ1) is 22.0. The van der Waals surface area contributed by atoms with E-state index in [1.54, 1.807) is 26.4 Å². The van der Waals surface area contributed by atoms with Gasteiger partial charge in [0, 0.05) is 17.2 Å². The van der Waals surface area contributed by atoms with Crippen molar-refractivity contribution in [3.63, 3.8) is 0 Å². The fraction of sp³-hybridized carbons (Fsp3) is 0.200. The van der Waals surface area contributed by atoms with E-state index in [0.717, 1.165) is 5.56 Å². The monoisotopic (exact) mass is 446 g/mol. The largest absolute Gasteiger partial charge is 0.497 e. The minimum Gasteiger partial charge on any atom is -0.497 e. The molecule has 3 aromatic rings. The van der Waals surface area contributed by atoms with Crippen molar-refractivity contribution >= 4 is 16.2 Å². The number of hydrogen-bond donors (Lipinski definition) is 2. The van der Waals surface area contributed by atoms with Crippen molar-refractivity contribution in [3.05, 3.63) is 48.2 Å². The van der Waals surface area contributed by atoms with Crippen LogP contribution in [0.4, 0.5) is 0 Å². The molecule has 0 aliphatic carbocycles. The SMILES string of the molecule is COc1ccc(S(=O)(=O)N/N=C/c2cn[nH]c2-c2ccc(OC)c(OC)c2)c(OC)c1. The van der Waals surface area contributed by atoms with Gasteiger partial charge in [0.2, 0.25) is 0 Å². The standard InChI is InChI=1S/C20H22N4O6S/c1-27-15-6-8-19(18(10-15)30-4)31(25,26)24-22-12-14-11-21-23-20(14)13-5-7-16(28-2)17(9-13)29-3/h5-12,24H,1-4H3,(H,21,23)/b22-12+. The third kappa shape index (κ3) is 4.72. The normalized spacial score (nSPS) is 11.4. The van der Waals surface area contributed by atoms with Gasteiger partial charge in [0.1, 0.15) is 16.4 Å². The van der Waals surface area contributed by atoms with E-state index in [-0.39, 0.29) is 10.6 Å². The van der Waals surface area contributed by atoms with Crippen molar-refractivity contribution in [3.8, 4) is 34.3 Å². The Balaban J connectivity index is 1.84. The highest BCUT2D eigenvalue weighted by molar-refractivity contribution is 7.89. The highest BCUT2D eigenvalue weighted by Gasteiger charge is 2.19. The Morgan fingerprint density at radius 2 is 1.68 bits per heavy atom. The average Bonchev–Trinajstić information content (AvgIpc) is 3.26. The van der Waals surface area contributed by atoms with E-state index in [0.29, 0.717) is 28.5 Å². The fourth-order valence-electron chi connectivity index (χ4n) is 2.83. The van der Waals surface area contributed by atoms with Crippen LogP contribution in [0.3, 0.4) is 0 Å². The summed E-state index contributed by atoms with van der Waals surface area (Å²) in [6.07, 6.45) is 2.88. The first-order valence-electron chi connectivity index (χ1n) is 8.96. The number of aromatic nitrogens is 2. The summed E-state index contributed by atoms with van der Waals surface area (Å²) >= 11 is 0. The van der Waals surface area contributed by atoms with E-state index >= 15 is 0 Å². The number of rotatable bonds is 9. The predicted molar refractivity (Wildman–Crippen MR) is 115 cm³/mol. The van der Waals surface area contributed by atoms with Gasteiger partial charge in [0.15, 0.2) is 11.5 Å². The van der Waals surface area contributed by atoms with Crippen LogP contribution in [0, 0.1) is 0 Å². The second-order valence-corrected chi connectivity index (χ2v) is 7.77. The number of methoxy groups -OCH3 is 4. The van der Waals surface area contributed by atoms with Crippen molar-refractivity contribution in [1.82, 2.24) is 15.0 Å². The lowest BCUT2D eigenvalue weighted by molar-refractivity contribution is 0.355. The second-order valence-electron chi connectivity index (χ2n) is 6.14. The van der Waals surface area contributed by atoms with E-state index in [9.17, 15) is 8.42 Å². The molecular formula is C20H22N4O6S. The number of nitrogens with one attached hydrogen (secondary N) is 2. The number of H-pyrrole nitrogens is 1. The Labute approximate surface area is 179 Å². The van der Waals surface area contributed by atoms with Crippen LogP contribution in [0.25, 0.3) is 11.3 Å². The summed E-state index contributed by atoms with van der Waals surface area (Å²) in [4.78, 5) is 2.11. The van der Waals surface area contributed by atoms with Crippen LogP contribution >= 0.6 is 0 Å². The summed E-state index contributed by atoms with van der Waals surface area (Å²) < 4.78 is 46.1. The molecule has 3 rings (SSSR count). The van der Waals surface area contributed by atoms with E-state index < -0.39 is 10.0 Å². The highest BCUT2D eigenvalue weighted by Crippen LogP contribution is 2.32. The molecule has 1 aromatic heterocycles. The minimum absolute atomic E-state index is 0.0692. The quantitative estimate of drug-likeness (QED) is 0.382. The van der Waals surface area contributed by atoms with Gasteiger partial charge in [0.25, 0.3) is 10.0 Å². The lowest BCUT2D eigenvalue weighted by atomic mass is 10.1. The van der Waals surface area contributed by atoms with Gasteiger partial charge in [-0.3, -0.25) is 5.10 Å². The van der Waals surface area contributed by atoms with Gasteiger partial charge in [-0.2, -0.15) is 23.4 Å². The molecule has 1 heterocycles. The van der Waals surface area contributed by atoms with Crippen LogP contribution < -0.4 is 23.8 Å². The molecule has 0 spiro atoms. The first-order chi connectivity index (χ1) is 14.9. The Bertz CT molecular complexity index is 1190. The van der Waals surface area contributed by atoms with Gasteiger partial charge in [-0.15, -0.1) is 0 Å². The Kier molecular flexibility index (Phi) is 6.65. The van der Waals surface area contributed by atoms with Gasteiger partial charge < -0.3 is 18.9 Å². The molecule has 0 radical (unpaired) electrons. The maximum Gasteiger partial charge on any atom is 0.280 e. The van der Waals surface area contributed by atoms with Crippen molar-refractivity contribution in [2.75, 3.05) is 28.4 Å². The topological polar surface area (TPSA) is 124 Å². The van der Waals surface area contributed by atoms with Crippen LogP contribution in [0.5, 0.6) is 23.0 Å². The maximum absolute atomic E-state index is 12.6. The molecule has 2 N–H and O–H groups in total. The zero-order valence-corrected chi connectivity index (χ0v) is 18.2. The molecule has 0 unspecified atom stereocenters.